The zero-order valence-corrected chi connectivity index (χ0v) is 23.9. The van der Waals surface area contributed by atoms with Crippen molar-refractivity contribution in [2.24, 2.45) is 0 Å². The van der Waals surface area contributed by atoms with Gasteiger partial charge in [-0.3, -0.25) is 13.9 Å². The number of anilines is 2. The Morgan fingerprint density at radius 3 is 1.29 bits per heavy atom. The molecule has 0 fully saturated rings. The lowest BCUT2D eigenvalue weighted by Crippen LogP contribution is -2.27. The van der Waals surface area contributed by atoms with Gasteiger partial charge in [0, 0.05) is 23.5 Å². The van der Waals surface area contributed by atoms with Gasteiger partial charge in [0.25, 0.3) is 0 Å². The van der Waals surface area contributed by atoms with Gasteiger partial charge in [-0.05, 0) is 46.5 Å². The molecule has 1 aliphatic rings. The molecule has 0 saturated carbocycles. The highest BCUT2D eigenvalue weighted by molar-refractivity contribution is 7.75. The lowest BCUT2D eigenvalue weighted by atomic mass is 10.0. The van der Waals surface area contributed by atoms with Gasteiger partial charge in [0.05, 0.1) is 16.7 Å². The fourth-order valence-corrected chi connectivity index (χ4v) is 8.39. The number of hydrogen-bond acceptors (Lipinski definition) is 1. The van der Waals surface area contributed by atoms with Crippen LogP contribution in [0, 0.1) is 0 Å². The summed E-state index contributed by atoms with van der Waals surface area (Å²) < 4.78 is 20.0. The maximum absolute atomic E-state index is 16.0. The second-order valence-electron chi connectivity index (χ2n) is 10.2. The summed E-state index contributed by atoms with van der Waals surface area (Å²) >= 11 is 0. The quantitative estimate of drug-likeness (QED) is 0.189. The van der Waals surface area contributed by atoms with Crippen LogP contribution in [0.4, 0.5) is 11.4 Å². The van der Waals surface area contributed by atoms with Crippen LogP contribution >= 0.6 is 7.44 Å². The Morgan fingerprint density at radius 1 is 0.381 bits per heavy atom. The van der Waals surface area contributed by atoms with Crippen LogP contribution in [0.5, 0.6) is 0 Å². The van der Waals surface area contributed by atoms with Gasteiger partial charge in [0.1, 0.15) is 0 Å². The largest absolute Gasteiger partial charge is 0.300 e. The first kappa shape index (κ1) is 25.8. The second-order valence-corrected chi connectivity index (χ2v) is 12.7. The first-order valence-corrected chi connectivity index (χ1v) is 15.7. The van der Waals surface area contributed by atoms with Crippen LogP contribution in [0.15, 0.2) is 176 Å². The third kappa shape index (κ3) is 4.55. The van der Waals surface area contributed by atoms with Crippen LogP contribution in [0.2, 0.25) is 0 Å². The number of hydrogen-bond donors (Lipinski definition) is 0. The van der Waals surface area contributed by atoms with Crippen molar-refractivity contribution < 1.29 is 4.57 Å². The minimum absolute atomic E-state index is 0.764. The number of rotatable bonds is 6. The summed E-state index contributed by atoms with van der Waals surface area (Å²) in [5.74, 6) is 0. The fraction of sp³-hybridized carbons (Fsp3) is 0. The Kier molecular flexibility index (Phi) is 6.79. The summed E-state index contributed by atoms with van der Waals surface area (Å²) in [6, 6.07) is 55.5. The van der Waals surface area contributed by atoms with Gasteiger partial charge < -0.3 is 0 Å². The number of para-hydroxylation sites is 2. The minimum atomic E-state index is -3.47. The van der Waals surface area contributed by atoms with E-state index in [9.17, 15) is 0 Å². The van der Waals surface area contributed by atoms with Crippen molar-refractivity contribution >= 4 is 24.1 Å². The topological polar surface area (TPSA) is 23.6 Å². The minimum Gasteiger partial charge on any atom is -0.276 e. The molecular weight excluding hydrogens is 531 g/mol. The van der Waals surface area contributed by atoms with Crippen molar-refractivity contribution in [3.05, 3.63) is 176 Å². The Balaban J connectivity index is 1.44. The van der Waals surface area contributed by atoms with Gasteiger partial charge in [-0.25, -0.2) is 0 Å². The molecule has 1 heterocycles. The van der Waals surface area contributed by atoms with Gasteiger partial charge in [-0.2, -0.15) is 0 Å². The summed E-state index contributed by atoms with van der Waals surface area (Å²) in [5, 5.41) is 0.764. The summed E-state index contributed by atoms with van der Waals surface area (Å²) in [6.45, 7) is 0. The summed E-state index contributed by atoms with van der Waals surface area (Å²) in [6.07, 6.45) is 3.94. The van der Waals surface area contributed by atoms with Gasteiger partial charge in [-0.1, -0.05) is 140 Å². The lowest BCUT2D eigenvalue weighted by molar-refractivity contribution is 0.582. The Bertz CT molecular complexity index is 1820. The van der Waals surface area contributed by atoms with E-state index in [-0.39, 0.29) is 0 Å². The van der Waals surface area contributed by atoms with E-state index in [0.29, 0.717) is 0 Å². The van der Waals surface area contributed by atoms with Gasteiger partial charge in [0.2, 0.25) is 0 Å². The molecule has 0 spiro atoms. The average molecular weight is 561 g/mol. The molecule has 6 aromatic carbocycles. The third-order valence-electron chi connectivity index (χ3n) is 7.69. The zero-order chi connectivity index (χ0) is 28.4. The molecule has 0 bridgehead atoms. The van der Waals surface area contributed by atoms with Crippen molar-refractivity contribution in [1.82, 2.24) is 0 Å². The van der Waals surface area contributed by atoms with Crippen molar-refractivity contribution in [3.63, 3.8) is 0 Å². The zero-order valence-electron chi connectivity index (χ0n) is 23.0. The average Bonchev–Trinajstić information content (AvgIpc) is 3.43. The van der Waals surface area contributed by atoms with E-state index < -0.39 is 7.44 Å². The van der Waals surface area contributed by atoms with E-state index >= 15 is 4.57 Å². The third-order valence-corrected chi connectivity index (χ3v) is 10.5. The monoisotopic (exact) mass is 560 g/mol. The molecule has 0 aromatic heterocycles. The first-order valence-electron chi connectivity index (χ1n) is 14.1. The van der Waals surface area contributed by atoms with E-state index in [0.717, 1.165) is 50.1 Å². The van der Waals surface area contributed by atoms with Crippen LogP contribution in [-0.4, -0.2) is 0 Å². The second kappa shape index (κ2) is 11.0. The van der Waals surface area contributed by atoms with Crippen LogP contribution in [0.25, 0.3) is 33.4 Å². The van der Waals surface area contributed by atoms with Crippen LogP contribution in [0.3, 0.4) is 0 Å². The maximum atomic E-state index is 16.0. The van der Waals surface area contributed by atoms with Gasteiger partial charge in [0.15, 0.2) is 0 Å². The normalized spacial score (nSPS) is 13.8. The highest BCUT2D eigenvalue weighted by atomic mass is 31.2. The number of nitrogens with zero attached hydrogens (tertiary/aromatic N) is 2. The smallest absolute Gasteiger partial charge is 0.276 e. The van der Waals surface area contributed by atoms with Crippen LogP contribution in [-0.2, 0) is 4.57 Å². The standard InChI is InChI=1S/C38H29N2OP/c41-42(34-22-14-21-33(29-34)30-15-4-1-5-16-30)39(37-25-12-10-23-35(37)31-17-6-2-7-18-31)27-28-40(42)38-26-13-11-24-36(38)32-19-8-3-9-20-32/h1-29H. The summed E-state index contributed by atoms with van der Waals surface area (Å²) in [4.78, 5) is 0. The molecular formula is C38H29N2OP. The highest BCUT2D eigenvalue weighted by Gasteiger charge is 2.43. The van der Waals surface area contributed by atoms with Gasteiger partial charge >= 0.3 is 7.44 Å². The Labute approximate surface area is 247 Å². The first-order chi connectivity index (χ1) is 20.7. The molecule has 6 aromatic rings. The van der Waals surface area contributed by atoms with Crippen molar-refractivity contribution in [3.8, 4) is 33.4 Å². The van der Waals surface area contributed by atoms with E-state index in [2.05, 4.69) is 72.8 Å². The van der Waals surface area contributed by atoms with Crippen LogP contribution in [0.1, 0.15) is 0 Å². The summed E-state index contributed by atoms with van der Waals surface area (Å²) in [5.41, 5.74) is 8.12. The summed E-state index contributed by atoms with van der Waals surface area (Å²) in [7, 11) is -3.47. The van der Waals surface area contributed by atoms with Crippen molar-refractivity contribution in [1.29, 1.82) is 0 Å². The molecule has 42 heavy (non-hydrogen) atoms. The molecule has 0 unspecified atom stereocenters. The van der Waals surface area contributed by atoms with E-state index in [1.807, 2.05) is 113 Å². The van der Waals surface area contributed by atoms with Crippen molar-refractivity contribution in [2.45, 2.75) is 0 Å². The van der Waals surface area contributed by atoms with E-state index in [4.69, 9.17) is 0 Å². The molecule has 4 heteroatoms. The molecule has 0 amide bonds. The molecule has 0 aliphatic carbocycles. The van der Waals surface area contributed by atoms with Crippen molar-refractivity contribution in [2.75, 3.05) is 9.34 Å². The Hall–Kier alpha value is -5.11. The molecule has 0 atom stereocenters. The number of benzene rings is 6. The fourth-order valence-electron chi connectivity index (χ4n) is 5.68. The Morgan fingerprint density at radius 2 is 0.786 bits per heavy atom. The molecule has 7 rings (SSSR count). The molecule has 0 radical (unpaired) electrons. The van der Waals surface area contributed by atoms with Crippen LogP contribution < -0.4 is 14.6 Å². The van der Waals surface area contributed by atoms with Gasteiger partial charge in [-0.15, -0.1) is 0 Å². The molecule has 0 saturated heterocycles. The van der Waals surface area contributed by atoms with E-state index in [1.54, 1.807) is 0 Å². The lowest BCUT2D eigenvalue weighted by Gasteiger charge is -2.35. The maximum Gasteiger partial charge on any atom is 0.300 e. The molecule has 202 valence electrons. The molecule has 0 N–H and O–H groups in total. The molecule has 1 aliphatic heterocycles. The highest BCUT2D eigenvalue weighted by Crippen LogP contribution is 2.62. The SMILES string of the molecule is O=P1(c2cccc(-c3ccccc3)c2)N(c2ccccc2-c2ccccc2)C=CN1c1ccccc1-c1ccccc1. The predicted molar refractivity (Wildman–Crippen MR) is 177 cm³/mol. The molecule has 3 nitrogen and oxygen atoms in total. The predicted octanol–water partition coefficient (Wildman–Crippen LogP) is 10.0. The van der Waals surface area contributed by atoms with E-state index in [1.165, 1.54) is 0 Å².